The predicted octanol–water partition coefficient (Wildman–Crippen LogP) is 2.16. The number of methoxy groups -OCH3 is 1. The summed E-state index contributed by atoms with van der Waals surface area (Å²) in [6.07, 6.45) is 0.243. The summed E-state index contributed by atoms with van der Waals surface area (Å²) in [4.78, 5) is 0. The van der Waals surface area contributed by atoms with Crippen LogP contribution in [-0.2, 0) is 6.42 Å². The minimum atomic E-state index is -0.567. The third kappa shape index (κ3) is 2.88. The van der Waals surface area contributed by atoms with Gasteiger partial charge in [-0.05, 0) is 31.2 Å². The lowest BCUT2D eigenvalue weighted by Crippen LogP contribution is -2.16. The van der Waals surface area contributed by atoms with Crippen LogP contribution in [0.25, 0.3) is 0 Å². The van der Waals surface area contributed by atoms with Crippen LogP contribution in [0.3, 0.4) is 0 Å². The lowest BCUT2D eigenvalue weighted by atomic mass is 10.0. The summed E-state index contributed by atoms with van der Waals surface area (Å²) in [5.41, 5.74) is 1.75. The fourth-order valence-corrected chi connectivity index (χ4v) is 2.01. The number of ether oxygens (including phenoxy) is 1. The smallest absolute Gasteiger partial charge is 0.123 e. The standard InChI is InChI=1S/C12H18ClNO2/c1-4-9-10(13)5-8(6-12(9)16-3)11(15)7-14-2/h5-6,11,14-15H,4,7H2,1-3H3. The summed E-state index contributed by atoms with van der Waals surface area (Å²) < 4.78 is 5.27. The Morgan fingerprint density at radius 2 is 2.19 bits per heavy atom. The van der Waals surface area contributed by atoms with E-state index in [-0.39, 0.29) is 0 Å². The second-order valence-corrected chi connectivity index (χ2v) is 4.02. The Bertz CT molecular complexity index is 355. The summed E-state index contributed by atoms with van der Waals surface area (Å²) in [6, 6.07) is 3.64. The van der Waals surface area contributed by atoms with Gasteiger partial charge in [-0.1, -0.05) is 18.5 Å². The Kier molecular flexibility index (Phi) is 5.06. The first kappa shape index (κ1) is 13.3. The van der Waals surface area contributed by atoms with Gasteiger partial charge >= 0.3 is 0 Å². The largest absolute Gasteiger partial charge is 0.496 e. The van der Waals surface area contributed by atoms with E-state index in [9.17, 15) is 5.11 Å². The molecule has 0 aliphatic rings. The Balaban J connectivity index is 3.09. The molecule has 16 heavy (non-hydrogen) atoms. The molecule has 0 fully saturated rings. The number of halogens is 1. The van der Waals surface area contributed by atoms with E-state index in [0.29, 0.717) is 11.6 Å². The molecule has 1 unspecified atom stereocenters. The van der Waals surface area contributed by atoms with Gasteiger partial charge in [-0.2, -0.15) is 0 Å². The van der Waals surface area contributed by atoms with E-state index in [4.69, 9.17) is 16.3 Å². The molecule has 2 N–H and O–H groups in total. The number of likely N-dealkylation sites (N-methyl/N-ethyl adjacent to an activating group) is 1. The second-order valence-electron chi connectivity index (χ2n) is 3.61. The van der Waals surface area contributed by atoms with Crippen molar-refractivity contribution in [3.8, 4) is 5.75 Å². The molecule has 0 amide bonds. The van der Waals surface area contributed by atoms with Gasteiger partial charge in [-0.25, -0.2) is 0 Å². The van der Waals surface area contributed by atoms with E-state index in [0.717, 1.165) is 23.3 Å². The number of nitrogens with one attached hydrogen (secondary N) is 1. The zero-order valence-corrected chi connectivity index (χ0v) is 10.6. The Hall–Kier alpha value is -0.770. The van der Waals surface area contributed by atoms with Crippen molar-refractivity contribution >= 4 is 11.6 Å². The quantitative estimate of drug-likeness (QED) is 0.833. The van der Waals surface area contributed by atoms with Crippen molar-refractivity contribution in [3.63, 3.8) is 0 Å². The highest BCUT2D eigenvalue weighted by Crippen LogP contribution is 2.31. The fraction of sp³-hybridized carbons (Fsp3) is 0.500. The summed E-state index contributed by atoms with van der Waals surface area (Å²) in [7, 11) is 3.40. The number of hydrogen-bond acceptors (Lipinski definition) is 3. The van der Waals surface area contributed by atoms with Crippen LogP contribution in [0, 0.1) is 0 Å². The van der Waals surface area contributed by atoms with Crippen LogP contribution in [0.15, 0.2) is 12.1 Å². The molecular formula is C12H18ClNO2. The summed E-state index contributed by atoms with van der Waals surface area (Å²) >= 11 is 6.15. The van der Waals surface area contributed by atoms with Gasteiger partial charge in [-0.15, -0.1) is 0 Å². The monoisotopic (exact) mass is 243 g/mol. The first-order valence-corrected chi connectivity index (χ1v) is 5.70. The maximum atomic E-state index is 9.85. The molecule has 0 saturated carbocycles. The molecule has 0 saturated heterocycles. The number of aliphatic hydroxyl groups is 1. The molecule has 0 radical (unpaired) electrons. The van der Waals surface area contributed by atoms with Crippen molar-refractivity contribution in [2.24, 2.45) is 0 Å². The van der Waals surface area contributed by atoms with Crippen molar-refractivity contribution < 1.29 is 9.84 Å². The summed E-state index contributed by atoms with van der Waals surface area (Å²) in [5.74, 6) is 0.736. The van der Waals surface area contributed by atoms with Crippen LogP contribution >= 0.6 is 11.6 Å². The van der Waals surface area contributed by atoms with Gasteiger partial charge in [-0.3, -0.25) is 0 Å². The Labute approximate surface area is 101 Å². The molecule has 1 aromatic carbocycles. The van der Waals surface area contributed by atoms with E-state index in [1.807, 2.05) is 13.0 Å². The lowest BCUT2D eigenvalue weighted by molar-refractivity contribution is 0.177. The molecule has 0 bridgehead atoms. The molecule has 0 aromatic heterocycles. The van der Waals surface area contributed by atoms with Gasteiger partial charge in [0.1, 0.15) is 5.75 Å². The molecule has 0 heterocycles. The summed E-state index contributed by atoms with van der Waals surface area (Å²) in [5, 5.41) is 13.4. The van der Waals surface area contributed by atoms with Crippen LogP contribution in [-0.4, -0.2) is 25.8 Å². The van der Waals surface area contributed by atoms with Crippen molar-refractivity contribution in [1.82, 2.24) is 5.32 Å². The van der Waals surface area contributed by atoms with Gasteiger partial charge in [0.25, 0.3) is 0 Å². The van der Waals surface area contributed by atoms with Gasteiger partial charge in [0.15, 0.2) is 0 Å². The highest BCUT2D eigenvalue weighted by molar-refractivity contribution is 6.31. The van der Waals surface area contributed by atoms with E-state index in [1.165, 1.54) is 0 Å². The van der Waals surface area contributed by atoms with Gasteiger partial charge in [0.2, 0.25) is 0 Å². The maximum Gasteiger partial charge on any atom is 0.123 e. The molecule has 0 aliphatic carbocycles. The average molecular weight is 244 g/mol. The van der Waals surface area contributed by atoms with Crippen molar-refractivity contribution in [1.29, 1.82) is 0 Å². The second kappa shape index (κ2) is 6.09. The molecule has 1 rings (SSSR count). The van der Waals surface area contributed by atoms with E-state index in [2.05, 4.69) is 5.32 Å². The highest BCUT2D eigenvalue weighted by Gasteiger charge is 2.13. The zero-order valence-electron chi connectivity index (χ0n) is 9.88. The van der Waals surface area contributed by atoms with Crippen LogP contribution in [0.5, 0.6) is 5.75 Å². The number of benzene rings is 1. The van der Waals surface area contributed by atoms with Crippen LogP contribution in [0.2, 0.25) is 5.02 Å². The summed E-state index contributed by atoms with van der Waals surface area (Å²) in [6.45, 7) is 2.51. The van der Waals surface area contributed by atoms with Crippen molar-refractivity contribution in [2.75, 3.05) is 20.7 Å². The van der Waals surface area contributed by atoms with E-state index < -0.39 is 6.10 Å². The number of aliphatic hydroxyl groups excluding tert-OH is 1. The first-order chi connectivity index (χ1) is 7.63. The number of hydrogen-bond donors (Lipinski definition) is 2. The minimum absolute atomic E-state index is 0.491. The van der Waals surface area contributed by atoms with Crippen LogP contribution in [0.4, 0.5) is 0 Å². The van der Waals surface area contributed by atoms with Gasteiger partial charge < -0.3 is 15.2 Å². The molecule has 3 nitrogen and oxygen atoms in total. The molecule has 90 valence electrons. The van der Waals surface area contributed by atoms with Crippen molar-refractivity contribution in [3.05, 3.63) is 28.3 Å². The lowest BCUT2D eigenvalue weighted by Gasteiger charge is -2.15. The zero-order chi connectivity index (χ0) is 12.1. The fourth-order valence-electron chi connectivity index (χ4n) is 1.66. The molecular weight excluding hydrogens is 226 g/mol. The van der Waals surface area contributed by atoms with E-state index in [1.54, 1.807) is 20.2 Å². The first-order valence-electron chi connectivity index (χ1n) is 5.33. The van der Waals surface area contributed by atoms with Crippen LogP contribution in [0.1, 0.15) is 24.2 Å². The average Bonchev–Trinajstić information content (AvgIpc) is 2.28. The third-order valence-electron chi connectivity index (χ3n) is 2.53. The van der Waals surface area contributed by atoms with Crippen molar-refractivity contribution in [2.45, 2.75) is 19.4 Å². The Morgan fingerprint density at radius 1 is 1.50 bits per heavy atom. The molecule has 4 heteroatoms. The maximum absolute atomic E-state index is 9.85. The predicted molar refractivity (Wildman–Crippen MR) is 66.3 cm³/mol. The third-order valence-corrected chi connectivity index (χ3v) is 2.87. The van der Waals surface area contributed by atoms with E-state index >= 15 is 0 Å². The molecule has 0 aliphatic heterocycles. The molecule has 1 aromatic rings. The molecule has 1 atom stereocenters. The SMILES string of the molecule is CCc1c(Cl)cc(C(O)CNC)cc1OC. The minimum Gasteiger partial charge on any atom is -0.496 e. The number of rotatable bonds is 5. The van der Waals surface area contributed by atoms with Crippen LogP contribution < -0.4 is 10.1 Å². The normalized spacial score (nSPS) is 12.6. The topological polar surface area (TPSA) is 41.5 Å². The van der Waals surface area contributed by atoms with Gasteiger partial charge in [0, 0.05) is 17.1 Å². The highest BCUT2D eigenvalue weighted by atomic mass is 35.5. The molecule has 0 spiro atoms. The van der Waals surface area contributed by atoms with Gasteiger partial charge in [0.05, 0.1) is 13.2 Å². The Morgan fingerprint density at radius 3 is 2.69 bits per heavy atom.